The van der Waals surface area contributed by atoms with E-state index in [9.17, 15) is 9.18 Å². The molecule has 1 aromatic carbocycles. The Labute approximate surface area is 154 Å². The highest BCUT2D eigenvalue weighted by molar-refractivity contribution is 8.00. The summed E-state index contributed by atoms with van der Waals surface area (Å²) >= 11 is 1.28. The number of carbonyl (C=O) groups excluding carboxylic acids is 1. The summed E-state index contributed by atoms with van der Waals surface area (Å²) in [6.45, 7) is 1.33. The lowest BCUT2D eigenvalue weighted by Gasteiger charge is -2.17. The molecule has 0 bridgehead atoms. The molecule has 1 aliphatic heterocycles. The number of tetrazole rings is 1. The summed E-state index contributed by atoms with van der Waals surface area (Å²) in [4.78, 5) is 12.7. The zero-order valence-electron chi connectivity index (χ0n) is 14.2. The number of halogens is 1. The Morgan fingerprint density at radius 3 is 2.85 bits per heavy atom. The molecule has 26 heavy (non-hydrogen) atoms. The van der Waals surface area contributed by atoms with Gasteiger partial charge in [-0.25, -0.2) is 9.07 Å². The zero-order valence-corrected chi connectivity index (χ0v) is 15.0. The first-order valence-electron chi connectivity index (χ1n) is 8.79. The molecule has 7 nitrogen and oxygen atoms in total. The summed E-state index contributed by atoms with van der Waals surface area (Å²) in [5.74, 6) is -0.431. The molecule has 1 amide bonds. The number of carbonyl (C=O) groups is 1. The van der Waals surface area contributed by atoms with Gasteiger partial charge >= 0.3 is 0 Å². The van der Waals surface area contributed by atoms with Gasteiger partial charge in [-0.3, -0.25) is 4.79 Å². The second kappa shape index (κ2) is 7.71. The Kier molecular flexibility index (Phi) is 5.16. The topological polar surface area (TPSA) is 81.9 Å². The molecule has 2 unspecified atom stereocenters. The normalized spacial score (nSPS) is 20.9. The van der Waals surface area contributed by atoms with Gasteiger partial charge in [0.2, 0.25) is 11.1 Å². The average molecular weight is 377 g/mol. The van der Waals surface area contributed by atoms with Gasteiger partial charge in [0.1, 0.15) is 11.1 Å². The van der Waals surface area contributed by atoms with E-state index in [1.165, 1.54) is 23.9 Å². The Bertz CT molecular complexity index is 759. The maximum Gasteiger partial charge on any atom is 0.238 e. The van der Waals surface area contributed by atoms with E-state index in [2.05, 4.69) is 20.8 Å². The van der Waals surface area contributed by atoms with Crippen molar-refractivity contribution >= 4 is 17.7 Å². The minimum atomic E-state index is -0.537. The van der Waals surface area contributed by atoms with Crippen LogP contribution >= 0.6 is 11.8 Å². The molecule has 2 fully saturated rings. The molecular formula is C17H20FN5O2S. The van der Waals surface area contributed by atoms with Crippen LogP contribution in [0.4, 0.5) is 4.39 Å². The van der Waals surface area contributed by atoms with Crippen LogP contribution in [-0.4, -0.2) is 44.9 Å². The molecule has 1 aromatic heterocycles. The smallest absolute Gasteiger partial charge is 0.238 e. The van der Waals surface area contributed by atoms with Crippen molar-refractivity contribution < 1.29 is 13.9 Å². The van der Waals surface area contributed by atoms with Crippen LogP contribution in [0.25, 0.3) is 0 Å². The molecule has 0 spiro atoms. The van der Waals surface area contributed by atoms with Crippen LogP contribution in [0, 0.1) is 5.82 Å². The molecule has 2 aromatic rings. The summed E-state index contributed by atoms with van der Waals surface area (Å²) in [5.41, 5.74) is 0.723. The summed E-state index contributed by atoms with van der Waals surface area (Å²) in [6.07, 6.45) is 4.12. The standard InChI is InChI=1S/C17H20FN5O2S/c18-12-5-3-11(4-6-12)15(16(24)19-13-7-8-13)26-17-20-21-22-23(17)10-14-2-1-9-25-14/h3-6,13-15H,1-2,7-10H2,(H,19,24). The fourth-order valence-electron chi connectivity index (χ4n) is 2.90. The Hall–Kier alpha value is -2.00. The second-order valence-electron chi connectivity index (χ2n) is 6.61. The van der Waals surface area contributed by atoms with Crippen LogP contribution in [0.2, 0.25) is 0 Å². The summed E-state index contributed by atoms with van der Waals surface area (Å²) in [6, 6.07) is 6.24. The molecule has 4 rings (SSSR count). The van der Waals surface area contributed by atoms with E-state index in [0.717, 1.165) is 37.9 Å². The van der Waals surface area contributed by atoms with Crippen molar-refractivity contribution in [3.05, 3.63) is 35.6 Å². The lowest BCUT2D eigenvalue weighted by molar-refractivity contribution is -0.120. The van der Waals surface area contributed by atoms with Crippen molar-refractivity contribution in [3.63, 3.8) is 0 Å². The lowest BCUT2D eigenvalue weighted by atomic mass is 10.1. The van der Waals surface area contributed by atoms with Crippen molar-refractivity contribution in [1.29, 1.82) is 0 Å². The first-order valence-corrected chi connectivity index (χ1v) is 9.67. The number of thioether (sulfide) groups is 1. The third-order valence-electron chi connectivity index (χ3n) is 4.46. The van der Waals surface area contributed by atoms with Gasteiger partial charge in [-0.1, -0.05) is 23.9 Å². The highest BCUT2D eigenvalue weighted by Crippen LogP contribution is 2.35. The first-order chi connectivity index (χ1) is 12.7. The van der Waals surface area contributed by atoms with Crippen molar-refractivity contribution in [1.82, 2.24) is 25.5 Å². The lowest BCUT2D eigenvalue weighted by Crippen LogP contribution is -2.30. The van der Waals surface area contributed by atoms with E-state index in [-0.39, 0.29) is 23.9 Å². The number of benzene rings is 1. The van der Waals surface area contributed by atoms with Gasteiger partial charge in [0, 0.05) is 12.6 Å². The number of amides is 1. The number of ether oxygens (including phenoxy) is 1. The Morgan fingerprint density at radius 1 is 1.35 bits per heavy atom. The van der Waals surface area contributed by atoms with Gasteiger partial charge in [0.05, 0.1) is 12.6 Å². The third kappa shape index (κ3) is 4.21. The van der Waals surface area contributed by atoms with Crippen molar-refractivity contribution in [2.75, 3.05) is 6.61 Å². The molecule has 1 N–H and O–H groups in total. The Morgan fingerprint density at radius 2 is 2.15 bits per heavy atom. The fraction of sp³-hybridized carbons (Fsp3) is 0.529. The van der Waals surface area contributed by atoms with Crippen LogP contribution in [0.3, 0.4) is 0 Å². The van der Waals surface area contributed by atoms with E-state index in [0.29, 0.717) is 11.7 Å². The van der Waals surface area contributed by atoms with Gasteiger partial charge in [0.25, 0.3) is 0 Å². The van der Waals surface area contributed by atoms with Crippen molar-refractivity contribution in [3.8, 4) is 0 Å². The molecule has 9 heteroatoms. The SMILES string of the molecule is O=C(NC1CC1)C(Sc1nnnn1CC1CCCO1)c1ccc(F)cc1. The molecule has 1 saturated carbocycles. The maximum absolute atomic E-state index is 13.3. The van der Waals surface area contributed by atoms with Crippen LogP contribution in [-0.2, 0) is 16.1 Å². The number of aromatic nitrogens is 4. The minimum Gasteiger partial charge on any atom is -0.376 e. The average Bonchev–Trinajstić information content (AvgIpc) is 3.11. The number of hydrogen-bond acceptors (Lipinski definition) is 6. The zero-order chi connectivity index (χ0) is 17.9. The molecule has 2 atom stereocenters. The van der Waals surface area contributed by atoms with E-state index < -0.39 is 5.25 Å². The van der Waals surface area contributed by atoms with E-state index in [1.54, 1.807) is 16.8 Å². The highest BCUT2D eigenvalue weighted by Gasteiger charge is 2.31. The van der Waals surface area contributed by atoms with Crippen molar-refractivity contribution in [2.24, 2.45) is 0 Å². The van der Waals surface area contributed by atoms with E-state index >= 15 is 0 Å². The van der Waals surface area contributed by atoms with Crippen molar-refractivity contribution in [2.45, 2.75) is 54.8 Å². The molecule has 0 radical (unpaired) electrons. The number of nitrogens with one attached hydrogen (secondary N) is 1. The first kappa shape index (κ1) is 17.4. The molecular weight excluding hydrogens is 357 g/mol. The summed E-state index contributed by atoms with van der Waals surface area (Å²) in [5, 5.41) is 14.9. The second-order valence-corrected chi connectivity index (χ2v) is 7.68. The number of rotatable bonds is 7. The highest BCUT2D eigenvalue weighted by atomic mass is 32.2. The molecule has 2 aliphatic rings. The van der Waals surface area contributed by atoms with Crippen LogP contribution in [0.5, 0.6) is 0 Å². The molecule has 1 saturated heterocycles. The summed E-state index contributed by atoms with van der Waals surface area (Å²) < 4.78 is 20.6. The fourth-order valence-corrected chi connectivity index (χ4v) is 3.89. The van der Waals surface area contributed by atoms with Crippen LogP contribution in [0.1, 0.15) is 36.5 Å². The Balaban J connectivity index is 1.53. The predicted octanol–water partition coefficient (Wildman–Crippen LogP) is 2.10. The van der Waals surface area contributed by atoms with Crippen LogP contribution in [0.15, 0.2) is 29.4 Å². The molecule has 2 heterocycles. The van der Waals surface area contributed by atoms with Gasteiger partial charge in [-0.2, -0.15) is 0 Å². The van der Waals surface area contributed by atoms with Gasteiger partial charge in [-0.05, 0) is 53.8 Å². The monoisotopic (exact) mass is 377 g/mol. The largest absolute Gasteiger partial charge is 0.376 e. The molecule has 138 valence electrons. The molecule has 1 aliphatic carbocycles. The number of nitrogens with zero attached hydrogens (tertiary/aromatic N) is 4. The van der Waals surface area contributed by atoms with Gasteiger partial charge < -0.3 is 10.1 Å². The van der Waals surface area contributed by atoms with E-state index in [4.69, 9.17) is 4.74 Å². The third-order valence-corrected chi connectivity index (χ3v) is 5.68. The van der Waals surface area contributed by atoms with E-state index in [1.807, 2.05) is 0 Å². The van der Waals surface area contributed by atoms with Gasteiger partial charge in [0.15, 0.2) is 0 Å². The summed E-state index contributed by atoms with van der Waals surface area (Å²) in [7, 11) is 0. The quantitative estimate of drug-likeness (QED) is 0.744. The number of hydrogen-bond donors (Lipinski definition) is 1. The predicted molar refractivity (Wildman–Crippen MR) is 93.0 cm³/mol. The maximum atomic E-state index is 13.3. The van der Waals surface area contributed by atoms with Crippen LogP contribution < -0.4 is 5.32 Å². The van der Waals surface area contributed by atoms with Gasteiger partial charge in [-0.15, -0.1) is 5.10 Å². The minimum absolute atomic E-state index is 0.0995.